The van der Waals surface area contributed by atoms with Crippen molar-refractivity contribution in [3.8, 4) is 0 Å². The van der Waals surface area contributed by atoms with Crippen molar-refractivity contribution in [1.82, 2.24) is 14.8 Å². The van der Waals surface area contributed by atoms with Crippen LogP contribution in [0.4, 0.5) is 5.69 Å². The van der Waals surface area contributed by atoms with E-state index < -0.39 is 0 Å². The minimum Gasteiger partial charge on any atom is -0.367 e. The van der Waals surface area contributed by atoms with Gasteiger partial charge in [-0.25, -0.2) is 0 Å². The third-order valence-corrected chi connectivity index (χ3v) is 3.64. The van der Waals surface area contributed by atoms with Gasteiger partial charge in [-0.3, -0.25) is 9.88 Å². The van der Waals surface area contributed by atoms with Crippen molar-refractivity contribution in [3.63, 3.8) is 0 Å². The Balaban J connectivity index is 1.89. The molecular formula is C14H25N5. The third kappa shape index (κ3) is 3.89. The Labute approximate surface area is 116 Å². The van der Waals surface area contributed by atoms with E-state index in [1.165, 1.54) is 5.69 Å². The molecule has 0 aliphatic carbocycles. The molecule has 0 saturated carbocycles. The molecule has 0 atom stereocenters. The van der Waals surface area contributed by atoms with E-state index in [0.717, 1.165) is 45.0 Å². The molecule has 0 bridgehead atoms. The second-order valence-corrected chi connectivity index (χ2v) is 5.31. The van der Waals surface area contributed by atoms with E-state index in [-0.39, 0.29) is 0 Å². The maximum Gasteiger partial charge on any atom is 0.0772 e. The lowest BCUT2D eigenvalue weighted by Gasteiger charge is -2.37. The summed E-state index contributed by atoms with van der Waals surface area (Å²) in [5, 5.41) is 0. The summed E-state index contributed by atoms with van der Waals surface area (Å²) in [6, 6.07) is 4.12. The molecule has 1 aliphatic rings. The molecule has 2 heterocycles. The molecule has 5 heteroatoms. The SMILES string of the molecule is CN(C)CCN1CCN(c2cccnc2CN)CC1. The normalized spacial score (nSPS) is 17.2. The van der Waals surface area contributed by atoms with Crippen LogP contribution in [0.15, 0.2) is 18.3 Å². The molecule has 1 fully saturated rings. The maximum atomic E-state index is 5.76. The number of nitrogens with two attached hydrogens (primary N) is 1. The summed E-state index contributed by atoms with van der Waals surface area (Å²) in [6.07, 6.45) is 1.82. The standard InChI is InChI=1S/C14H25N5/c1-17(2)6-7-18-8-10-19(11-9-18)14-4-3-5-16-13(14)12-15/h3-5H,6-12,15H2,1-2H3. The highest BCUT2D eigenvalue weighted by Gasteiger charge is 2.18. The van der Waals surface area contributed by atoms with Crippen LogP contribution in [0.2, 0.25) is 0 Å². The fourth-order valence-electron chi connectivity index (χ4n) is 2.43. The first-order valence-electron chi connectivity index (χ1n) is 6.96. The fraction of sp³-hybridized carbons (Fsp3) is 0.643. The van der Waals surface area contributed by atoms with E-state index in [4.69, 9.17) is 5.73 Å². The van der Waals surface area contributed by atoms with Crippen LogP contribution in [0.1, 0.15) is 5.69 Å². The topological polar surface area (TPSA) is 48.6 Å². The van der Waals surface area contributed by atoms with Crippen molar-refractivity contribution < 1.29 is 0 Å². The number of rotatable bonds is 5. The Morgan fingerprint density at radius 3 is 2.63 bits per heavy atom. The van der Waals surface area contributed by atoms with E-state index in [9.17, 15) is 0 Å². The van der Waals surface area contributed by atoms with E-state index in [1.807, 2.05) is 12.3 Å². The van der Waals surface area contributed by atoms with E-state index in [1.54, 1.807) is 0 Å². The number of hydrogen-bond donors (Lipinski definition) is 1. The number of hydrogen-bond acceptors (Lipinski definition) is 5. The van der Waals surface area contributed by atoms with Crippen molar-refractivity contribution in [3.05, 3.63) is 24.0 Å². The van der Waals surface area contributed by atoms with Gasteiger partial charge in [0.15, 0.2) is 0 Å². The highest BCUT2D eigenvalue weighted by molar-refractivity contribution is 5.50. The van der Waals surface area contributed by atoms with Crippen LogP contribution in [-0.2, 0) is 6.54 Å². The van der Waals surface area contributed by atoms with Gasteiger partial charge in [0.05, 0.1) is 11.4 Å². The predicted molar refractivity (Wildman–Crippen MR) is 79.3 cm³/mol. The summed E-state index contributed by atoms with van der Waals surface area (Å²) >= 11 is 0. The van der Waals surface area contributed by atoms with Gasteiger partial charge in [-0.15, -0.1) is 0 Å². The first kappa shape index (κ1) is 14.2. The van der Waals surface area contributed by atoms with Crippen LogP contribution in [0.3, 0.4) is 0 Å². The summed E-state index contributed by atoms with van der Waals surface area (Å²) in [4.78, 5) is 11.5. The van der Waals surface area contributed by atoms with Gasteiger partial charge in [0.25, 0.3) is 0 Å². The quantitative estimate of drug-likeness (QED) is 0.824. The van der Waals surface area contributed by atoms with Crippen molar-refractivity contribution in [1.29, 1.82) is 0 Å². The second kappa shape index (κ2) is 6.84. The summed E-state index contributed by atoms with van der Waals surface area (Å²) in [6.45, 7) is 7.15. The zero-order chi connectivity index (χ0) is 13.7. The predicted octanol–water partition coefficient (Wildman–Crippen LogP) is 0.224. The molecule has 2 rings (SSSR count). The highest BCUT2D eigenvalue weighted by atomic mass is 15.3. The molecule has 1 aromatic rings. The average molecular weight is 263 g/mol. The first-order chi connectivity index (χ1) is 9.20. The van der Waals surface area contributed by atoms with Gasteiger partial charge in [0.1, 0.15) is 0 Å². The van der Waals surface area contributed by atoms with Crippen LogP contribution in [0.25, 0.3) is 0 Å². The minimum atomic E-state index is 0.511. The lowest BCUT2D eigenvalue weighted by Crippen LogP contribution is -2.48. The molecule has 5 nitrogen and oxygen atoms in total. The fourth-order valence-corrected chi connectivity index (χ4v) is 2.43. The molecule has 0 amide bonds. The summed E-state index contributed by atoms with van der Waals surface area (Å²) in [5.41, 5.74) is 7.97. The third-order valence-electron chi connectivity index (χ3n) is 3.64. The molecule has 1 saturated heterocycles. The molecule has 0 spiro atoms. The molecule has 19 heavy (non-hydrogen) atoms. The second-order valence-electron chi connectivity index (χ2n) is 5.31. The summed E-state index contributed by atoms with van der Waals surface area (Å²) < 4.78 is 0. The van der Waals surface area contributed by atoms with E-state index >= 15 is 0 Å². The van der Waals surface area contributed by atoms with Crippen LogP contribution in [0, 0.1) is 0 Å². The highest BCUT2D eigenvalue weighted by Crippen LogP contribution is 2.19. The molecule has 106 valence electrons. The number of aromatic nitrogens is 1. The number of anilines is 1. The zero-order valence-corrected chi connectivity index (χ0v) is 12.0. The van der Waals surface area contributed by atoms with E-state index in [0.29, 0.717) is 6.54 Å². The van der Waals surface area contributed by atoms with Gasteiger partial charge in [-0.05, 0) is 26.2 Å². The van der Waals surface area contributed by atoms with Gasteiger partial charge in [-0.1, -0.05) is 0 Å². The molecule has 0 aromatic carbocycles. The molecule has 2 N–H and O–H groups in total. The Hall–Kier alpha value is -1.17. The van der Waals surface area contributed by atoms with Crippen molar-refractivity contribution in [2.24, 2.45) is 5.73 Å². The first-order valence-corrected chi connectivity index (χ1v) is 6.96. The monoisotopic (exact) mass is 263 g/mol. The van der Waals surface area contributed by atoms with Gasteiger partial charge in [0, 0.05) is 52.0 Å². The zero-order valence-electron chi connectivity index (χ0n) is 12.0. The molecule has 0 unspecified atom stereocenters. The van der Waals surface area contributed by atoms with Crippen molar-refractivity contribution in [2.45, 2.75) is 6.54 Å². The van der Waals surface area contributed by atoms with Gasteiger partial charge in [0.2, 0.25) is 0 Å². The van der Waals surface area contributed by atoms with Crippen molar-refractivity contribution >= 4 is 5.69 Å². The lowest BCUT2D eigenvalue weighted by atomic mass is 10.2. The number of piperazine rings is 1. The molecule has 1 aliphatic heterocycles. The summed E-state index contributed by atoms with van der Waals surface area (Å²) in [7, 11) is 4.25. The minimum absolute atomic E-state index is 0.511. The van der Waals surface area contributed by atoms with Crippen LogP contribution in [0.5, 0.6) is 0 Å². The Bertz CT molecular complexity index is 385. The van der Waals surface area contributed by atoms with Crippen LogP contribution in [-0.4, -0.2) is 68.1 Å². The smallest absolute Gasteiger partial charge is 0.0772 e. The number of nitrogens with zero attached hydrogens (tertiary/aromatic N) is 4. The number of likely N-dealkylation sites (N-methyl/N-ethyl adjacent to an activating group) is 1. The van der Waals surface area contributed by atoms with Crippen molar-refractivity contribution in [2.75, 3.05) is 58.3 Å². The molecule has 0 radical (unpaired) electrons. The van der Waals surface area contributed by atoms with Gasteiger partial charge in [-0.2, -0.15) is 0 Å². The van der Waals surface area contributed by atoms with Gasteiger partial charge >= 0.3 is 0 Å². The van der Waals surface area contributed by atoms with Crippen LogP contribution >= 0.6 is 0 Å². The maximum absolute atomic E-state index is 5.76. The Kier molecular flexibility index (Phi) is 5.13. The average Bonchev–Trinajstić information content (AvgIpc) is 2.45. The van der Waals surface area contributed by atoms with Crippen LogP contribution < -0.4 is 10.6 Å². The molecule has 1 aromatic heterocycles. The van der Waals surface area contributed by atoms with Gasteiger partial charge < -0.3 is 15.5 Å². The Morgan fingerprint density at radius 2 is 2.00 bits per heavy atom. The molecular weight excluding hydrogens is 238 g/mol. The number of pyridine rings is 1. The largest absolute Gasteiger partial charge is 0.367 e. The van der Waals surface area contributed by atoms with E-state index in [2.05, 4.69) is 39.8 Å². The summed E-state index contributed by atoms with van der Waals surface area (Å²) in [5.74, 6) is 0. The Morgan fingerprint density at radius 1 is 1.26 bits per heavy atom. The lowest BCUT2D eigenvalue weighted by molar-refractivity contribution is 0.229.